The molecular formula is C17H14ClNO2. The Kier molecular flexibility index (Phi) is 3.67. The van der Waals surface area contributed by atoms with E-state index in [2.05, 4.69) is 4.98 Å². The molecule has 0 aliphatic rings. The van der Waals surface area contributed by atoms with Gasteiger partial charge in [0.15, 0.2) is 0 Å². The molecule has 0 saturated heterocycles. The highest BCUT2D eigenvalue weighted by atomic mass is 35.5. The zero-order chi connectivity index (χ0) is 14.8. The Labute approximate surface area is 128 Å². The average Bonchev–Trinajstić information content (AvgIpc) is 2.54. The second kappa shape index (κ2) is 5.62. The molecule has 3 rings (SSSR count). The summed E-state index contributed by atoms with van der Waals surface area (Å²) in [6.45, 7) is 0. The van der Waals surface area contributed by atoms with E-state index < -0.39 is 0 Å². The van der Waals surface area contributed by atoms with Crippen LogP contribution in [-0.4, -0.2) is 19.2 Å². The van der Waals surface area contributed by atoms with Gasteiger partial charge < -0.3 is 9.47 Å². The average molecular weight is 300 g/mol. The summed E-state index contributed by atoms with van der Waals surface area (Å²) in [5, 5.41) is 1.59. The highest BCUT2D eigenvalue weighted by molar-refractivity contribution is 6.35. The van der Waals surface area contributed by atoms with Crippen molar-refractivity contribution in [2.75, 3.05) is 14.2 Å². The molecule has 0 aliphatic heterocycles. The summed E-state index contributed by atoms with van der Waals surface area (Å²) in [4.78, 5) is 4.67. The maximum absolute atomic E-state index is 6.36. The van der Waals surface area contributed by atoms with Crippen molar-refractivity contribution in [1.82, 2.24) is 4.98 Å². The lowest BCUT2D eigenvalue weighted by Gasteiger charge is -2.08. The maximum Gasteiger partial charge on any atom is 0.121 e. The fourth-order valence-electron chi connectivity index (χ4n) is 2.20. The first-order chi connectivity index (χ1) is 10.2. The van der Waals surface area contributed by atoms with Crippen molar-refractivity contribution in [2.45, 2.75) is 0 Å². The molecule has 0 N–H and O–H groups in total. The minimum Gasteiger partial charge on any atom is -0.497 e. The van der Waals surface area contributed by atoms with Crippen LogP contribution >= 0.6 is 11.6 Å². The SMILES string of the molecule is COc1ccc(-c2cc(Cl)c3ccc(OC)cc3n2)cc1. The largest absolute Gasteiger partial charge is 0.497 e. The number of hydrogen-bond acceptors (Lipinski definition) is 3. The molecule has 0 spiro atoms. The van der Waals surface area contributed by atoms with Gasteiger partial charge in [-0.3, -0.25) is 0 Å². The molecule has 3 nitrogen and oxygen atoms in total. The summed E-state index contributed by atoms with van der Waals surface area (Å²) in [7, 11) is 3.28. The number of ether oxygens (including phenoxy) is 2. The van der Waals surface area contributed by atoms with Crippen LogP contribution in [-0.2, 0) is 0 Å². The molecule has 0 fully saturated rings. The third kappa shape index (κ3) is 2.65. The van der Waals surface area contributed by atoms with E-state index in [1.807, 2.05) is 48.5 Å². The number of hydrogen-bond donors (Lipinski definition) is 0. The van der Waals surface area contributed by atoms with Gasteiger partial charge in [0.1, 0.15) is 11.5 Å². The third-order valence-corrected chi connectivity index (χ3v) is 3.67. The predicted molar refractivity (Wildman–Crippen MR) is 85.3 cm³/mol. The number of rotatable bonds is 3. The van der Waals surface area contributed by atoms with E-state index in [0.717, 1.165) is 33.7 Å². The molecule has 1 aromatic heterocycles. The van der Waals surface area contributed by atoms with Crippen molar-refractivity contribution in [2.24, 2.45) is 0 Å². The Bertz CT molecular complexity index is 785. The Morgan fingerprint density at radius 1 is 0.857 bits per heavy atom. The van der Waals surface area contributed by atoms with Crippen molar-refractivity contribution < 1.29 is 9.47 Å². The predicted octanol–water partition coefficient (Wildman–Crippen LogP) is 4.57. The van der Waals surface area contributed by atoms with Crippen LogP contribution in [0.2, 0.25) is 5.02 Å². The van der Waals surface area contributed by atoms with E-state index >= 15 is 0 Å². The zero-order valence-electron chi connectivity index (χ0n) is 11.8. The summed E-state index contributed by atoms with van der Waals surface area (Å²) >= 11 is 6.36. The van der Waals surface area contributed by atoms with E-state index in [9.17, 15) is 0 Å². The van der Waals surface area contributed by atoms with Gasteiger partial charge in [-0.1, -0.05) is 11.6 Å². The topological polar surface area (TPSA) is 31.4 Å². The summed E-state index contributed by atoms with van der Waals surface area (Å²) < 4.78 is 10.4. The minimum absolute atomic E-state index is 0.675. The Hall–Kier alpha value is -2.26. The van der Waals surface area contributed by atoms with Gasteiger partial charge in [0.25, 0.3) is 0 Å². The normalized spacial score (nSPS) is 10.6. The third-order valence-electron chi connectivity index (χ3n) is 3.35. The van der Waals surface area contributed by atoms with Crippen LogP contribution in [0.1, 0.15) is 0 Å². The van der Waals surface area contributed by atoms with Crippen LogP contribution in [0.25, 0.3) is 22.2 Å². The Balaban J connectivity index is 2.13. The highest BCUT2D eigenvalue weighted by Crippen LogP contribution is 2.30. The molecule has 0 radical (unpaired) electrons. The van der Waals surface area contributed by atoms with Crippen molar-refractivity contribution in [3.8, 4) is 22.8 Å². The number of benzene rings is 2. The summed E-state index contributed by atoms with van der Waals surface area (Å²) in [5.41, 5.74) is 2.62. The van der Waals surface area contributed by atoms with Gasteiger partial charge in [0.2, 0.25) is 0 Å². The van der Waals surface area contributed by atoms with E-state index in [1.165, 1.54) is 0 Å². The lowest BCUT2D eigenvalue weighted by Crippen LogP contribution is -1.89. The van der Waals surface area contributed by atoms with E-state index in [-0.39, 0.29) is 0 Å². The van der Waals surface area contributed by atoms with Gasteiger partial charge in [0.05, 0.1) is 30.5 Å². The lowest BCUT2D eigenvalue weighted by molar-refractivity contribution is 0.415. The molecule has 0 aliphatic carbocycles. The number of halogens is 1. The second-order valence-electron chi connectivity index (χ2n) is 4.60. The van der Waals surface area contributed by atoms with Crippen molar-refractivity contribution in [3.63, 3.8) is 0 Å². The van der Waals surface area contributed by atoms with Gasteiger partial charge >= 0.3 is 0 Å². The molecule has 0 saturated carbocycles. The number of methoxy groups -OCH3 is 2. The molecule has 106 valence electrons. The molecule has 4 heteroatoms. The van der Waals surface area contributed by atoms with Gasteiger partial charge in [-0.2, -0.15) is 0 Å². The first kappa shape index (κ1) is 13.7. The zero-order valence-corrected chi connectivity index (χ0v) is 12.5. The summed E-state index contributed by atoms with van der Waals surface area (Å²) in [6.07, 6.45) is 0. The maximum atomic E-state index is 6.36. The minimum atomic E-state index is 0.675. The molecule has 1 heterocycles. The van der Waals surface area contributed by atoms with Crippen LogP contribution < -0.4 is 9.47 Å². The van der Waals surface area contributed by atoms with Gasteiger partial charge in [-0.15, -0.1) is 0 Å². The van der Waals surface area contributed by atoms with E-state index in [4.69, 9.17) is 21.1 Å². The van der Waals surface area contributed by atoms with Crippen LogP contribution in [0.4, 0.5) is 0 Å². The monoisotopic (exact) mass is 299 g/mol. The first-order valence-electron chi connectivity index (χ1n) is 6.50. The van der Waals surface area contributed by atoms with Crippen LogP contribution in [0.15, 0.2) is 48.5 Å². The molecule has 0 amide bonds. The quantitative estimate of drug-likeness (QED) is 0.710. The standard InChI is InChI=1S/C17H14ClNO2/c1-20-12-5-3-11(4-6-12)16-10-15(18)14-8-7-13(21-2)9-17(14)19-16/h3-10H,1-2H3. The molecule has 0 atom stereocenters. The number of fused-ring (bicyclic) bond motifs is 1. The Morgan fingerprint density at radius 3 is 2.19 bits per heavy atom. The highest BCUT2D eigenvalue weighted by Gasteiger charge is 2.07. The second-order valence-corrected chi connectivity index (χ2v) is 5.01. The van der Waals surface area contributed by atoms with E-state index in [0.29, 0.717) is 5.02 Å². The fraction of sp³-hybridized carbons (Fsp3) is 0.118. The van der Waals surface area contributed by atoms with Gasteiger partial charge in [0, 0.05) is 17.0 Å². The first-order valence-corrected chi connectivity index (χ1v) is 6.88. The molecule has 0 bridgehead atoms. The molecule has 3 aromatic rings. The van der Waals surface area contributed by atoms with Crippen molar-refractivity contribution in [3.05, 3.63) is 53.6 Å². The van der Waals surface area contributed by atoms with Gasteiger partial charge in [-0.25, -0.2) is 4.98 Å². The number of pyridine rings is 1. The molecular weight excluding hydrogens is 286 g/mol. The summed E-state index contributed by atoms with van der Waals surface area (Å²) in [5.74, 6) is 1.57. The van der Waals surface area contributed by atoms with E-state index in [1.54, 1.807) is 14.2 Å². The van der Waals surface area contributed by atoms with Crippen molar-refractivity contribution in [1.29, 1.82) is 0 Å². The molecule has 21 heavy (non-hydrogen) atoms. The summed E-state index contributed by atoms with van der Waals surface area (Å²) in [6, 6.07) is 15.3. The lowest BCUT2D eigenvalue weighted by atomic mass is 10.1. The van der Waals surface area contributed by atoms with Gasteiger partial charge in [-0.05, 0) is 42.5 Å². The van der Waals surface area contributed by atoms with Crippen LogP contribution in [0.5, 0.6) is 11.5 Å². The van der Waals surface area contributed by atoms with Crippen molar-refractivity contribution >= 4 is 22.5 Å². The molecule has 2 aromatic carbocycles. The number of aromatic nitrogens is 1. The van der Waals surface area contributed by atoms with Crippen LogP contribution in [0.3, 0.4) is 0 Å². The molecule has 0 unspecified atom stereocenters. The van der Waals surface area contributed by atoms with Crippen LogP contribution in [0, 0.1) is 0 Å². The number of nitrogens with zero attached hydrogens (tertiary/aromatic N) is 1. The Morgan fingerprint density at radius 2 is 1.52 bits per heavy atom. The fourth-order valence-corrected chi connectivity index (χ4v) is 2.47. The smallest absolute Gasteiger partial charge is 0.121 e.